The van der Waals surface area contributed by atoms with Crippen molar-refractivity contribution in [1.82, 2.24) is 14.8 Å². The molecule has 1 aromatic carbocycles. The van der Waals surface area contributed by atoms with Crippen molar-refractivity contribution in [1.29, 1.82) is 0 Å². The molecule has 0 atom stereocenters. The van der Waals surface area contributed by atoms with Crippen molar-refractivity contribution in [3.05, 3.63) is 33.8 Å². The van der Waals surface area contributed by atoms with Crippen molar-refractivity contribution in [2.24, 2.45) is 0 Å². The Labute approximate surface area is 125 Å². The number of hydrogen-bond acceptors (Lipinski definition) is 3. The van der Waals surface area contributed by atoms with Gasteiger partial charge < -0.3 is 4.74 Å². The fourth-order valence-electron chi connectivity index (χ4n) is 1.21. The Bertz CT molecular complexity index is 716. The highest BCUT2D eigenvalue weighted by Crippen LogP contribution is 2.26. The first kappa shape index (κ1) is 7.45. The summed E-state index contributed by atoms with van der Waals surface area (Å²) < 4.78 is 64.0. The third kappa shape index (κ3) is 3.00. The van der Waals surface area contributed by atoms with Crippen LogP contribution in [0.5, 0.6) is 11.8 Å². The van der Waals surface area contributed by atoms with E-state index in [9.17, 15) is 4.39 Å². The second-order valence-electron chi connectivity index (χ2n) is 3.22. The third-order valence-corrected chi connectivity index (χ3v) is 2.42. The van der Waals surface area contributed by atoms with Gasteiger partial charge in [0.05, 0.1) is 6.04 Å². The molecule has 0 saturated heterocycles. The quantitative estimate of drug-likeness (QED) is 0.840. The molecule has 1 heterocycles. The van der Waals surface area contributed by atoms with Crippen molar-refractivity contribution in [3.63, 3.8) is 0 Å². The van der Waals surface area contributed by atoms with Crippen LogP contribution in [0.1, 0.15) is 28.0 Å². The maximum Gasteiger partial charge on any atom is 0.321 e. The predicted octanol–water partition coefficient (Wildman–Crippen LogP) is 4.21. The molecule has 2 aromatic rings. The number of benzene rings is 1. The second kappa shape index (κ2) is 5.24. The first-order chi connectivity index (χ1) is 10.9. The van der Waals surface area contributed by atoms with Crippen molar-refractivity contribution < 1.29 is 17.4 Å². The highest BCUT2D eigenvalue weighted by atomic mass is 79.9. The number of hydrogen-bond donors (Lipinski definition) is 0. The van der Waals surface area contributed by atoms with E-state index in [2.05, 4.69) is 26.0 Å². The van der Waals surface area contributed by atoms with E-state index in [-0.39, 0.29) is 15.5 Å². The third-order valence-electron chi connectivity index (χ3n) is 1.86. The Morgan fingerprint density at radius 1 is 1.50 bits per heavy atom. The van der Waals surface area contributed by atoms with Gasteiger partial charge >= 0.3 is 6.01 Å². The molecular weight excluding hydrogens is 324 g/mol. The van der Waals surface area contributed by atoms with Gasteiger partial charge in [-0.2, -0.15) is 4.98 Å². The van der Waals surface area contributed by atoms with Gasteiger partial charge in [0.2, 0.25) is 4.73 Å². The summed E-state index contributed by atoms with van der Waals surface area (Å²) in [5.74, 6) is -0.776. The Morgan fingerprint density at radius 3 is 2.94 bits per heavy atom. The molecule has 2 rings (SSSR count). The van der Waals surface area contributed by atoms with Gasteiger partial charge in [-0.3, -0.25) is 0 Å². The molecule has 0 aliphatic heterocycles. The van der Waals surface area contributed by atoms with Crippen LogP contribution in [0, 0.1) is 5.82 Å². The average molecular weight is 341 g/mol. The van der Waals surface area contributed by atoms with Crippen LogP contribution in [0.3, 0.4) is 0 Å². The SMILES string of the molecule is [2H]C([2H])([2H])C(n1nc(Br)nc1Oc1cc(F)cc(Cl)c1)C([2H])([2H])[2H]. The van der Waals surface area contributed by atoms with E-state index in [1.54, 1.807) is 0 Å². The summed E-state index contributed by atoms with van der Waals surface area (Å²) in [7, 11) is 0. The summed E-state index contributed by atoms with van der Waals surface area (Å²) in [5.41, 5.74) is 0. The summed E-state index contributed by atoms with van der Waals surface area (Å²) in [4.78, 5) is 3.79. The number of aromatic nitrogens is 3. The van der Waals surface area contributed by atoms with E-state index < -0.39 is 31.6 Å². The van der Waals surface area contributed by atoms with Crippen LogP contribution in [0.4, 0.5) is 4.39 Å². The van der Waals surface area contributed by atoms with Gasteiger partial charge in [0.25, 0.3) is 0 Å². The van der Waals surface area contributed by atoms with Crippen LogP contribution >= 0.6 is 27.5 Å². The van der Waals surface area contributed by atoms with E-state index in [1.165, 1.54) is 6.07 Å². The highest BCUT2D eigenvalue weighted by Gasteiger charge is 2.13. The first-order valence-electron chi connectivity index (χ1n) is 7.64. The summed E-state index contributed by atoms with van der Waals surface area (Å²) >= 11 is 8.65. The smallest absolute Gasteiger partial charge is 0.321 e. The molecule has 0 aliphatic rings. The largest absolute Gasteiger partial charge is 0.424 e. The van der Waals surface area contributed by atoms with Crippen LogP contribution < -0.4 is 4.74 Å². The maximum atomic E-state index is 13.4. The van der Waals surface area contributed by atoms with Gasteiger partial charge in [0, 0.05) is 19.3 Å². The molecule has 0 N–H and O–H groups in total. The van der Waals surface area contributed by atoms with Crippen molar-refractivity contribution in [2.45, 2.75) is 19.7 Å². The molecule has 96 valence electrons. The molecule has 0 unspecified atom stereocenters. The summed E-state index contributed by atoms with van der Waals surface area (Å²) in [6, 6.07) is 0.863. The zero-order chi connectivity index (χ0) is 18.3. The number of rotatable bonds is 3. The molecule has 0 bridgehead atoms. The molecule has 0 amide bonds. The molecule has 1 aromatic heterocycles. The molecule has 0 fully saturated rings. The lowest BCUT2D eigenvalue weighted by molar-refractivity contribution is 0.375. The van der Waals surface area contributed by atoms with E-state index >= 15 is 0 Å². The Balaban J connectivity index is 2.50. The minimum absolute atomic E-state index is 0.0401. The van der Waals surface area contributed by atoms with Crippen LogP contribution in [-0.4, -0.2) is 14.8 Å². The van der Waals surface area contributed by atoms with Crippen LogP contribution in [0.2, 0.25) is 5.02 Å². The van der Waals surface area contributed by atoms with Gasteiger partial charge in [-0.1, -0.05) is 11.6 Å². The van der Waals surface area contributed by atoms with Crippen molar-refractivity contribution in [2.75, 3.05) is 0 Å². The number of ether oxygens (including phenoxy) is 1. The zero-order valence-electron chi connectivity index (χ0n) is 14.7. The Hall–Kier alpha value is -1.14. The molecule has 0 radical (unpaired) electrons. The zero-order valence-corrected chi connectivity index (χ0v) is 11.0. The Morgan fingerprint density at radius 2 is 2.28 bits per heavy atom. The van der Waals surface area contributed by atoms with Crippen molar-refractivity contribution >= 4 is 27.5 Å². The summed E-state index contributed by atoms with van der Waals surface area (Å²) in [6.45, 7) is -5.81. The van der Waals surface area contributed by atoms with Gasteiger partial charge in [0.15, 0.2) is 0 Å². The molecule has 0 aliphatic carbocycles. The van der Waals surface area contributed by atoms with Gasteiger partial charge in [-0.25, -0.2) is 9.07 Å². The molecule has 18 heavy (non-hydrogen) atoms. The van der Waals surface area contributed by atoms with Gasteiger partial charge in [-0.05, 0) is 41.8 Å². The highest BCUT2D eigenvalue weighted by molar-refractivity contribution is 9.10. The molecule has 0 spiro atoms. The second-order valence-corrected chi connectivity index (χ2v) is 4.36. The standard InChI is InChI=1S/C11H10BrClFN3O/c1-6(2)17-11(15-10(12)16-17)18-9-4-7(13)3-8(14)5-9/h3-6H,1-2H3/i1D3,2D3. The van der Waals surface area contributed by atoms with E-state index in [1.807, 2.05) is 0 Å². The number of nitrogens with zero attached hydrogens (tertiary/aromatic N) is 3. The molecule has 0 saturated carbocycles. The topological polar surface area (TPSA) is 39.9 Å². The minimum atomic E-state index is -2.91. The summed E-state index contributed by atoms with van der Waals surface area (Å²) in [6.07, 6.45) is 0. The van der Waals surface area contributed by atoms with Crippen LogP contribution in [0.15, 0.2) is 22.9 Å². The first-order valence-corrected chi connectivity index (χ1v) is 5.81. The van der Waals surface area contributed by atoms with Gasteiger partial charge in [-0.15, -0.1) is 5.10 Å². The fraction of sp³-hybridized carbons (Fsp3) is 0.273. The van der Waals surface area contributed by atoms with Crippen LogP contribution in [0.25, 0.3) is 0 Å². The predicted molar refractivity (Wildman–Crippen MR) is 69.6 cm³/mol. The Kier molecular flexibility index (Phi) is 2.17. The molecular formula is C11H10BrClFN3O. The van der Waals surface area contributed by atoms with Crippen molar-refractivity contribution in [3.8, 4) is 11.8 Å². The van der Waals surface area contributed by atoms with E-state index in [0.717, 1.165) is 12.1 Å². The lowest BCUT2D eigenvalue weighted by Gasteiger charge is -2.09. The molecule has 7 heteroatoms. The monoisotopic (exact) mass is 339 g/mol. The average Bonchev–Trinajstić information content (AvgIpc) is 2.64. The minimum Gasteiger partial charge on any atom is -0.424 e. The lowest BCUT2D eigenvalue weighted by atomic mass is 10.3. The van der Waals surface area contributed by atoms with Gasteiger partial charge in [0.1, 0.15) is 11.6 Å². The molecule has 4 nitrogen and oxygen atoms in total. The lowest BCUT2D eigenvalue weighted by Crippen LogP contribution is -2.05. The van der Waals surface area contributed by atoms with Crippen LogP contribution in [-0.2, 0) is 0 Å². The fourth-order valence-corrected chi connectivity index (χ4v) is 1.75. The number of halogens is 3. The normalized spacial score (nSPS) is 17.3. The maximum absolute atomic E-state index is 13.4. The summed E-state index contributed by atoms with van der Waals surface area (Å²) in [5, 5.41) is 3.78. The van der Waals surface area contributed by atoms with E-state index in [4.69, 9.17) is 24.6 Å². The van der Waals surface area contributed by atoms with E-state index in [0.29, 0.717) is 4.68 Å².